The third-order valence-electron chi connectivity index (χ3n) is 4.42. The van der Waals surface area contributed by atoms with E-state index < -0.39 is 11.4 Å². The van der Waals surface area contributed by atoms with Crippen LogP contribution < -0.4 is 4.90 Å². The number of thiophene rings is 1. The molecule has 112 valence electrons. The van der Waals surface area contributed by atoms with Crippen molar-refractivity contribution in [2.24, 2.45) is 5.41 Å². The van der Waals surface area contributed by atoms with Crippen LogP contribution in [0, 0.1) is 5.41 Å². The van der Waals surface area contributed by atoms with E-state index in [1.165, 1.54) is 4.70 Å². The van der Waals surface area contributed by atoms with Gasteiger partial charge < -0.3 is 10.0 Å². The van der Waals surface area contributed by atoms with Crippen LogP contribution in [-0.2, 0) is 4.79 Å². The minimum Gasteiger partial charge on any atom is -0.481 e. The third-order valence-corrected chi connectivity index (χ3v) is 5.30. The van der Waals surface area contributed by atoms with Gasteiger partial charge in [-0.3, -0.25) is 4.79 Å². The zero-order chi connectivity index (χ0) is 14.9. The molecular weight excluding hydrogens is 284 g/mol. The van der Waals surface area contributed by atoms with E-state index in [-0.39, 0.29) is 0 Å². The standard InChI is InChI=1S/C16H20N2O2S/c1-2-6-16(15(19)20)7-3-9-18(11-16)14-12-5-10-21-13(12)4-8-17-14/h4-5,8,10H,2-3,6-7,9,11H2,1H3,(H,19,20). The molecule has 0 spiro atoms. The lowest BCUT2D eigenvalue weighted by Gasteiger charge is -2.40. The third kappa shape index (κ3) is 2.50. The van der Waals surface area contributed by atoms with Crippen molar-refractivity contribution in [3.63, 3.8) is 0 Å². The van der Waals surface area contributed by atoms with Crippen LogP contribution in [0.2, 0.25) is 0 Å². The Morgan fingerprint density at radius 3 is 3.14 bits per heavy atom. The average molecular weight is 304 g/mol. The van der Waals surface area contributed by atoms with E-state index in [0.717, 1.165) is 43.4 Å². The van der Waals surface area contributed by atoms with E-state index in [4.69, 9.17) is 0 Å². The van der Waals surface area contributed by atoms with Crippen LogP contribution in [0.3, 0.4) is 0 Å². The van der Waals surface area contributed by atoms with Crippen molar-refractivity contribution in [2.75, 3.05) is 18.0 Å². The maximum atomic E-state index is 11.8. The molecule has 1 aliphatic rings. The van der Waals surface area contributed by atoms with E-state index in [0.29, 0.717) is 6.54 Å². The molecule has 0 bridgehead atoms. The predicted molar refractivity (Wildman–Crippen MR) is 86.0 cm³/mol. The predicted octanol–water partition coefficient (Wildman–Crippen LogP) is 3.77. The number of pyridine rings is 1. The van der Waals surface area contributed by atoms with Gasteiger partial charge in [-0.25, -0.2) is 4.98 Å². The molecule has 0 aromatic carbocycles. The molecule has 0 aliphatic carbocycles. The van der Waals surface area contributed by atoms with E-state index in [1.807, 2.05) is 12.3 Å². The van der Waals surface area contributed by atoms with Gasteiger partial charge in [-0.15, -0.1) is 11.3 Å². The van der Waals surface area contributed by atoms with Crippen molar-refractivity contribution in [1.82, 2.24) is 4.98 Å². The minimum atomic E-state index is -0.661. The number of rotatable bonds is 4. The first-order chi connectivity index (χ1) is 10.2. The van der Waals surface area contributed by atoms with Gasteiger partial charge in [-0.05, 0) is 36.8 Å². The smallest absolute Gasteiger partial charge is 0.311 e. The molecule has 1 unspecified atom stereocenters. The second kappa shape index (κ2) is 5.64. The summed E-state index contributed by atoms with van der Waals surface area (Å²) in [6, 6.07) is 4.10. The van der Waals surface area contributed by atoms with Crippen LogP contribution in [0.1, 0.15) is 32.6 Å². The summed E-state index contributed by atoms with van der Waals surface area (Å²) in [6.45, 7) is 3.51. The molecule has 3 heterocycles. The Hall–Kier alpha value is -1.62. The molecule has 1 atom stereocenters. The van der Waals surface area contributed by atoms with E-state index in [2.05, 4.69) is 28.3 Å². The largest absolute Gasteiger partial charge is 0.481 e. The molecule has 2 aromatic heterocycles. The van der Waals surface area contributed by atoms with Crippen LogP contribution in [-0.4, -0.2) is 29.1 Å². The number of hydrogen-bond acceptors (Lipinski definition) is 4. The molecule has 5 heteroatoms. The topological polar surface area (TPSA) is 53.4 Å². The number of anilines is 1. The molecule has 1 N–H and O–H groups in total. The number of piperidine rings is 1. The summed E-state index contributed by atoms with van der Waals surface area (Å²) in [4.78, 5) is 18.5. The monoisotopic (exact) mass is 304 g/mol. The highest BCUT2D eigenvalue weighted by atomic mass is 32.1. The number of carboxylic acid groups (broad SMARTS) is 1. The van der Waals surface area contributed by atoms with Crippen LogP contribution in [0.5, 0.6) is 0 Å². The Bertz CT molecular complexity index is 651. The molecule has 0 saturated carbocycles. The Kier molecular flexibility index (Phi) is 3.85. The Morgan fingerprint density at radius 2 is 2.38 bits per heavy atom. The van der Waals surface area contributed by atoms with Gasteiger partial charge in [-0.2, -0.15) is 0 Å². The quantitative estimate of drug-likeness (QED) is 0.934. The zero-order valence-corrected chi connectivity index (χ0v) is 13.0. The molecule has 1 fully saturated rings. The van der Waals surface area contributed by atoms with Crippen LogP contribution >= 0.6 is 11.3 Å². The molecule has 3 rings (SSSR count). The molecule has 1 saturated heterocycles. The first kappa shape index (κ1) is 14.3. The highest BCUT2D eigenvalue weighted by molar-refractivity contribution is 7.17. The Balaban J connectivity index is 1.95. The van der Waals surface area contributed by atoms with Crippen molar-refractivity contribution in [2.45, 2.75) is 32.6 Å². The van der Waals surface area contributed by atoms with E-state index in [1.54, 1.807) is 11.3 Å². The summed E-state index contributed by atoms with van der Waals surface area (Å²) in [7, 11) is 0. The first-order valence-electron chi connectivity index (χ1n) is 7.47. The van der Waals surface area contributed by atoms with Gasteiger partial charge in [0.1, 0.15) is 5.82 Å². The first-order valence-corrected chi connectivity index (χ1v) is 8.35. The fraction of sp³-hybridized carbons (Fsp3) is 0.500. The molecule has 0 amide bonds. The summed E-state index contributed by atoms with van der Waals surface area (Å²) in [5.74, 6) is 0.279. The zero-order valence-electron chi connectivity index (χ0n) is 12.2. The van der Waals surface area contributed by atoms with Crippen LogP contribution in [0.4, 0.5) is 5.82 Å². The van der Waals surface area contributed by atoms with Crippen LogP contribution in [0.25, 0.3) is 10.1 Å². The van der Waals surface area contributed by atoms with Gasteiger partial charge in [0.05, 0.1) is 5.41 Å². The van der Waals surface area contributed by atoms with Gasteiger partial charge in [-0.1, -0.05) is 13.3 Å². The van der Waals surface area contributed by atoms with Gasteiger partial charge in [0, 0.05) is 29.4 Å². The van der Waals surface area contributed by atoms with Gasteiger partial charge in [0.15, 0.2) is 0 Å². The van der Waals surface area contributed by atoms with Crippen molar-refractivity contribution in [3.05, 3.63) is 23.7 Å². The average Bonchev–Trinajstić information content (AvgIpc) is 2.96. The number of hydrogen-bond donors (Lipinski definition) is 1. The lowest BCUT2D eigenvalue weighted by molar-refractivity contribution is -0.150. The van der Waals surface area contributed by atoms with Crippen molar-refractivity contribution < 1.29 is 9.90 Å². The second-order valence-electron chi connectivity index (χ2n) is 5.83. The molecular formula is C16H20N2O2S. The number of nitrogens with zero attached hydrogens (tertiary/aromatic N) is 2. The van der Waals surface area contributed by atoms with E-state index >= 15 is 0 Å². The fourth-order valence-corrected chi connectivity index (χ4v) is 4.18. The van der Waals surface area contributed by atoms with Crippen LogP contribution in [0.15, 0.2) is 23.7 Å². The normalized spacial score (nSPS) is 22.6. The second-order valence-corrected chi connectivity index (χ2v) is 6.78. The highest BCUT2D eigenvalue weighted by Gasteiger charge is 2.42. The molecule has 1 aliphatic heterocycles. The summed E-state index contributed by atoms with van der Waals surface area (Å²) >= 11 is 1.70. The summed E-state index contributed by atoms with van der Waals surface area (Å²) < 4.78 is 1.21. The lowest BCUT2D eigenvalue weighted by Crippen LogP contribution is -2.48. The number of aromatic nitrogens is 1. The SMILES string of the molecule is CCCC1(C(=O)O)CCCN(c2nccc3sccc23)C1. The Labute approximate surface area is 128 Å². The lowest BCUT2D eigenvalue weighted by atomic mass is 9.76. The number of carboxylic acids is 1. The number of fused-ring (bicyclic) bond motifs is 1. The van der Waals surface area contributed by atoms with E-state index in [9.17, 15) is 9.90 Å². The Morgan fingerprint density at radius 1 is 1.52 bits per heavy atom. The maximum absolute atomic E-state index is 11.8. The summed E-state index contributed by atoms with van der Waals surface area (Å²) in [5, 5.41) is 12.9. The fourth-order valence-electron chi connectivity index (χ4n) is 3.41. The number of carbonyl (C=O) groups is 1. The van der Waals surface area contributed by atoms with Crippen molar-refractivity contribution in [1.29, 1.82) is 0 Å². The summed E-state index contributed by atoms with van der Waals surface area (Å²) in [6.07, 6.45) is 5.14. The molecule has 4 nitrogen and oxygen atoms in total. The van der Waals surface area contributed by atoms with Crippen molar-refractivity contribution >= 4 is 33.2 Å². The van der Waals surface area contributed by atoms with Crippen molar-refractivity contribution in [3.8, 4) is 0 Å². The molecule has 0 radical (unpaired) electrons. The summed E-state index contributed by atoms with van der Waals surface area (Å²) in [5.41, 5.74) is -0.618. The maximum Gasteiger partial charge on any atom is 0.311 e. The van der Waals surface area contributed by atoms with Gasteiger partial charge in [0.2, 0.25) is 0 Å². The number of aliphatic carboxylic acids is 1. The molecule has 2 aromatic rings. The highest BCUT2D eigenvalue weighted by Crippen LogP contribution is 2.38. The minimum absolute atomic E-state index is 0.568. The molecule has 21 heavy (non-hydrogen) atoms. The van der Waals surface area contributed by atoms with Gasteiger partial charge in [0.25, 0.3) is 0 Å². The van der Waals surface area contributed by atoms with Gasteiger partial charge >= 0.3 is 5.97 Å².